The van der Waals surface area contributed by atoms with Gasteiger partial charge in [0.15, 0.2) is 0 Å². The van der Waals surface area contributed by atoms with Crippen LogP contribution in [0.4, 0.5) is 0 Å². The molecule has 25 heavy (non-hydrogen) atoms. The standard InChI is InChI=1S/C17H16N2O6/c1-3-24-14(20)8-7-13-15(21)18-10-19-16(13)25-12-6-4-5-11(9-12)17(22)23-2/h4-10H,3H2,1-2H3,(H,18,19,21)/b8-7+. The molecule has 0 bridgehead atoms. The van der Waals surface area contributed by atoms with Gasteiger partial charge in [0.1, 0.15) is 11.3 Å². The Balaban J connectivity index is 2.31. The molecule has 0 aliphatic carbocycles. The van der Waals surface area contributed by atoms with Crippen LogP contribution < -0.4 is 10.3 Å². The summed E-state index contributed by atoms with van der Waals surface area (Å²) in [6.45, 7) is 1.89. The molecule has 2 rings (SSSR count). The van der Waals surface area contributed by atoms with E-state index in [0.717, 1.165) is 6.08 Å². The number of carbonyl (C=O) groups is 2. The fourth-order valence-electron chi connectivity index (χ4n) is 1.88. The minimum Gasteiger partial charge on any atom is -0.465 e. The molecule has 1 aromatic carbocycles. The Labute approximate surface area is 143 Å². The van der Waals surface area contributed by atoms with Crippen LogP contribution in [0.3, 0.4) is 0 Å². The third kappa shape index (κ3) is 4.77. The lowest BCUT2D eigenvalue weighted by Gasteiger charge is -2.08. The number of aromatic amines is 1. The fourth-order valence-corrected chi connectivity index (χ4v) is 1.88. The maximum Gasteiger partial charge on any atom is 0.337 e. The second-order valence-corrected chi connectivity index (χ2v) is 4.66. The quantitative estimate of drug-likeness (QED) is 0.630. The van der Waals surface area contributed by atoms with Crippen molar-refractivity contribution in [2.45, 2.75) is 6.92 Å². The van der Waals surface area contributed by atoms with Gasteiger partial charge in [0.25, 0.3) is 5.56 Å². The molecule has 0 saturated heterocycles. The van der Waals surface area contributed by atoms with Crippen LogP contribution in [0, 0.1) is 0 Å². The van der Waals surface area contributed by atoms with Gasteiger partial charge in [0, 0.05) is 6.08 Å². The Kier molecular flexibility index (Phi) is 6.05. The van der Waals surface area contributed by atoms with E-state index in [9.17, 15) is 14.4 Å². The summed E-state index contributed by atoms with van der Waals surface area (Å²) in [5.74, 6) is -0.853. The van der Waals surface area contributed by atoms with Crippen LogP contribution in [0.1, 0.15) is 22.8 Å². The van der Waals surface area contributed by atoms with Crippen LogP contribution in [0.5, 0.6) is 11.6 Å². The molecule has 0 spiro atoms. The van der Waals surface area contributed by atoms with Crippen molar-refractivity contribution >= 4 is 18.0 Å². The van der Waals surface area contributed by atoms with Gasteiger partial charge in [-0.15, -0.1) is 0 Å². The Morgan fingerprint density at radius 3 is 2.84 bits per heavy atom. The largest absolute Gasteiger partial charge is 0.465 e. The van der Waals surface area contributed by atoms with Gasteiger partial charge in [-0.1, -0.05) is 6.07 Å². The number of H-pyrrole nitrogens is 1. The number of nitrogens with zero attached hydrogens (tertiary/aromatic N) is 1. The van der Waals surface area contributed by atoms with E-state index in [4.69, 9.17) is 9.47 Å². The van der Waals surface area contributed by atoms with E-state index in [-0.39, 0.29) is 29.4 Å². The predicted molar refractivity (Wildman–Crippen MR) is 88.4 cm³/mol. The van der Waals surface area contributed by atoms with Crippen LogP contribution in [-0.4, -0.2) is 35.6 Å². The molecule has 8 heteroatoms. The molecule has 130 valence electrons. The lowest BCUT2D eigenvalue weighted by Crippen LogP contribution is -2.12. The van der Waals surface area contributed by atoms with Crippen molar-refractivity contribution < 1.29 is 23.8 Å². The van der Waals surface area contributed by atoms with Gasteiger partial charge in [-0.2, -0.15) is 0 Å². The highest BCUT2D eigenvalue weighted by Crippen LogP contribution is 2.23. The third-order valence-corrected chi connectivity index (χ3v) is 2.99. The highest BCUT2D eigenvalue weighted by molar-refractivity contribution is 5.89. The van der Waals surface area contributed by atoms with Gasteiger partial charge in [-0.05, 0) is 31.2 Å². The van der Waals surface area contributed by atoms with Crippen LogP contribution in [0.25, 0.3) is 6.08 Å². The van der Waals surface area contributed by atoms with Gasteiger partial charge < -0.3 is 19.2 Å². The van der Waals surface area contributed by atoms with Crippen LogP contribution >= 0.6 is 0 Å². The number of ether oxygens (including phenoxy) is 3. The van der Waals surface area contributed by atoms with E-state index in [1.54, 1.807) is 25.1 Å². The fraction of sp³-hybridized carbons (Fsp3) is 0.176. The number of aromatic nitrogens is 2. The average molecular weight is 344 g/mol. The maximum atomic E-state index is 12.0. The summed E-state index contributed by atoms with van der Waals surface area (Å²) in [5, 5.41) is 0. The maximum absolute atomic E-state index is 12.0. The number of nitrogens with one attached hydrogen (secondary N) is 1. The van der Waals surface area contributed by atoms with E-state index in [0.29, 0.717) is 0 Å². The molecule has 2 aromatic rings. The molecule has 0 amide bonds. The molecule has 0 radical (unpaired) electrons. The highest BCUT2D eigenvalue weighted by Gasteiger charge is 2.11. The Morgan fingerprint density at radius 2 is 2.12 bits per heavy atom. The summed E-state index contributed by atoms with van der Waals surface area (Å²) in [6.07, 6.45) is 3.53. The van der Waals surface area contributed by atoms with Crippen molar-refractivity contribution in [2.24, 2.45) is 0 Å². The van der Waals surface area contributed by atoms with E-state index < -0.39 is 17.5 Å². The molecular formula is C17H16N2O6. The third-order valence-electron chi connectivity index (χ3n) is 2.99. The molecule has 0 fully saturated rings. The first kappa shape index (κ1) is 17.9. The molecular weight excluding hydrogens is 328 g/mol. The van der Waals surface area contributed by atoms with Crippen LogP contribution in [-0.2, 0) is 14.3 Å². The molecule has 0 unspecified atom stereocenters. The second kappa shape index (κ2) is 8.44. The van der Waals surface area contributed by atoms with Gasteiger partial charge in [-0.25, -0.2) is 14.6 Å². The second-order valence-electron chi connectivity index (χ2n) is 4.66. The number of hydrogen-bond acceptors (Lipinski definition) is 7. The van der Waals surface area contributed by atoms with Gasteiger partial charge in [-0.3, -0.25) is 4.79 Å². The first-order chi connectivity index (χ1) is 12.0. The van der Waals surface area contributed by atoms with Gasteiger partial charge >= 0.3 is 11.9 Å². The molecule has 8 nitrogen and oxygen atoms in total. The molecule has 1 heterocycles. The highest BCUT2D eigenvalue weighted by atomic mass is 16.5. The topological polar surface area (TPSA) is 108 Å². The summed E-state index contributed by atoms with van der Waals surface area (Å²) in [5.41, 5.74) is -0.165. The average Bonchev–Trinajstić information content (AvgIpc) is 2.61. The molecule has 0 aliphatic rings. The molecule has 1 aromatic heterocycles. The zero-order chi connectivity index (χ0) is 18.2. The van der Waals surface area contributed by atoms with Crippen molar-refractivity contribution in [1.29, 1.82) is 0 Å². The van der Waals surface area contributed by atoms with E-state index >= 15 is 0 Å². The van der Waals surface area contributed by atoms with Gasteiger partial charge in [0.2, 0.25) is 5.88 Å². The Bertz CT molecular complexity index is 856. The van der Waals surface area contributed by atoms with Crippen LogP contribution in [0.15, 0.2) is 41.5 Å². The summed E-state index contributed by atoms with van der Waals surface area (Å²) >= 11 is 0. The number of carbonyl (C=O) groups excluding carboxylic acids is 2. The Morgan fingerprint density at radius 1 is 1.32 bits per heavy atom. The monoisotopic (exact) mass is 344 g/mol. The minimum atomic E-state index is -0.593. The lowest BCUT2D eigenvalue weighted by molar-refractivity contribution is -0.137. The van der Waals surface area contributed by atoms with Crippen molar-refractivity contribution in [3.63, 3.8) is 0 Å². The zero-order valence-electron chi connectivity index (χ0n) is 13.6. The van der Waals surface area contributed by atoms with E-state index in [1.807, 2.05) is 0 Å². The summed E-state index contributed by atoms with van der Waals surface area (Å²) in [4.78, 5) is 41.3. The number of esters is 2. The van der Waals surface area contributed by atoms with Crippen molar-refractivity contribution in [2.75, 3.05) is 13.7 Å². The smallest absolute Gasteiger partial charge is 0.337 e. The van der Waals surface area contributed by atoms with E-state index in [2.05, 4.69) is 14.7 Å². The number of methoxy groups -OCH3 is 1. The molecule has 0 aliphatic heterocycles. The molecule has 0 atom stereocenters. The molecule has 1 N–H and O–H groups in total. The molecule has 0 saturated carbocycles. The SMILES string of the molecule is CCOC(=O)/C=C/c1c(Oc2cccc(C(=O)OC)c2)nc[nH]c1=O. The summed E-state index contributed by atoms with van der Waals surface area (Å²) < 4.78 is 15.0. The van der Waals surface area contributed by atoms with E-state index in [1.165, 1.54) is 25.6 Å². The number of benzene rings is 1. The lowest BCUT2D eigenvalue weighted by atomic mass is 10.2. The summed E-state index contributed by atoms with van der Waals surface area (Å²) in [6, 6.07) is 6.20. The number of rotatable bonds is 6. The van der Waals surface area contributed by atoms with Crippen molar-refractivity contribution in [1.82, 2.24) is 9.97 Å². The first-order valence-electron chi connectivity index (χ1n) is 7.34. The van der Waals surface area contributed by atoms with Crippen molar-refractivity contribution in [3.8, 4) is 11.6 Å². The normalized spacial score (nSPS) is 10.5. The minimum absolute atomic E-state index is 0.0219. The Hall–Kier alpha value is -3.42. The summed E-state index contributed by atoms with van der Waals surface area (Å²) in [7, 11) is 1.27. The van der Waals surface area contributed by atoms with Crippen molar-refractivity contribution in [3.05, 3.63) is 58.1 Å². The van der Waals surface area contributed by atoms with Crippen LogP contribution in [0.2, 0.25) is 0 Å². The number of hydrogen-bond donors (Lipinski definition) is 1. The first-order valence-corrected chi connectivity index (χ1v) is 7.34. The predicted octanol–water partition coefficient (Wildman–Crippen LogP) is 1.93. The zero-order valence-corrected chi connectivity index (χ0v) is 13.6. The van der Waals surface area contributed by atoms with Gasteiger partial charge in [0.05, 0.1) is 25.6 Å².